The van der Waals surface area contributed by atoms with Crippen molar-refractivity contribution in [2.45, 2.75) is 6.42 Å². The van der Waals surface area contributed by atoms with E-state index in [0.29, 0.717) is 30.7 Å². The van der Waals surface area contributed by atoms with Gasteiger partial charge in [-0.15, -0.1) is 0 Å². The Morgan fingerprint density at radius 2 is 2.00 bits per heavy atom. The fraction of sp³-hybridized carbons (Fsp3) is 0.312. The Balaban J connectivity index is 1.95. The number of hydrogen-bond acceptors (Lipinski definition) is 3. The molecule has 0 atom stereocenters. The van der Waals surface area contributed by atoms with Gasteiger partial charge in [0.2, 0.25) is 0 Å². The zero-order valence-corrected chi connectivity index (χ0v) is 13.2. The number of hydrogen-bond donors (Lipinski definition) is 2. The maximum Gasteiger partial charge on any atom is 0.255 e. The predicted molar refractivity (Wildman–Crippen MR) is 87.2 cm³/mol. The molecule has 2 rings (SSSR count). The average Bonchev–Trinajstić information content (AvgIpc) is 2.51. The summed E-state index contributed by atoms with van der Waals surface area (Å²) in [5, 5.41) is 15.4. The molecule has 0 saturated heterocycles. The number of halogens is 1. The lowest BCUT2D eigenvalue weighted by Crippen LogP contribution is -2.25. The van der Waals surface area contributed by atoms with E-state index >= 15 is 0 Å². The number of phenols is 1. The molecule has 0 unspecified atom stereocenters. The molecule has 0 heterocycles. The molecule has 2 N–H and O–H groups in total. The van der Waals surface area contributed by atoms with Crippen LogP contribution in [0, 0.1) is 0 Å². The Morgan fingerprint density at radius 3 is 2.81 bits per heavy atom. The third-order valence-electron chi connectivity index (χ3n) is 3.12. The summed E-state index contributed by atoms with van der Waals surface area (Å²) in [6, 6.07) is 10.9. The van der Waals surface area contributed by atoms with Gasteiger partial charge in [0.1, 0.15) is 5.75 Å². The minimum atomic E-state index is -0.265. The van der Waals surface area contributed by atoms with E-state index < -0.39 is 0 Å². The van der Waals surface area contributed by atoms with E-state index in [1.807, 2.05) is 24.3 Å². The number of carbonyl (C=O) groups excluding carboxylic acids is 1. The predicted octanol–water partition coefficient (Wildman–Crippen LogP) is 3.08. The van der Waals surface area contributed by atoms with E-state index in [4.69, 9.17) is 4.74 Å². The molecule has 0 bridgehead atoms. The molecular weight excluding hydrogens is 334 g/mol. The lowest BCUT2D eigenvalue weighted by Gasteiger charge is -2.09. The minimum Gasteiger partial charge on any atom is -0.506 e. The minimum absolute atomic E-state index is 0.0288. The number of amides is 1. The normalized spacial score (nSPS) is 10.7. The second-order valence-corrected chi connectivity index (χ2v) is 5.39. The Bertz CT molecular complexity index is 615. The first-order valence-electron chi connectivity index (χ1n) is 6.86. The number of aromatic hydroxyl groups is 1. The summed E-state index contributed by atoms with van der Waals surface area (Å²) in [7, 11) is 0. The zero-order chi connectivity index (χ0) is 15.1. The highest BCUT2D eigenvalue weighted by atomic mass is 79.9. The molecule has 0 saturated carbocycles. The van der Waals surface area contributed by atoms with Crippen molar-refractivity contribution in [3.05, 3.63) is 42.0 Å². The molecule has 21 heavy (non-hydrogen) atoms. The van der Waals surface area contributed by atoms with Crippen molar-refractivity contribution in [3.8, 4) is 5.75 Å². The molecule has 2 aromatic carbocycles. The summed E-state index contributed by atoms with van der Waals surface area (Å²) in [5.41, 5.74) is 0.301. The first-order chi connectivity index (χ1) is 10.2. The molecule has 0 aromatic heterocycles. The Morgan fingerprint density at radius 1 is 1.19 bits per heavy atom. The van der Waals surface area contributed by atoms with Crippen molar-refractivity contribution in [2.24, 2.45) is 0 Å². The smallest absolute Gasteiger partial charge is 0.255 e. The van der Waals surface area contributed by atoms with Crippen LogP contribution in [0.25, 0.3) is 10.8 Å². The highest BCUT2D eigenvalue weighted by Crippen LogP contribution is 2.28. The van der Waals surface area contributed by atoms with Crippen LogP contribution in [0.3, 0.4) is 0 Å². The van der Waals surface area contributed by atoms with Gasteiger partial charge in [0, 0.05) is 23.9 Å². The number of alkyl halides is 1. The highest BCUT2D eigenvalue weighted by Gasteiger charge is 2.12. The van der Waals surface area contributed by atoms with Gasteiger partial charge in [0.05, 0.1) is 12.2 Å². The van der Waals surface area contributed by atoms with Gasteiger partial charge in [-0.05, 0) is 17.9 Å². The van der Waals surface area contributed by atoms with Gasteiger partial charge in [-0.3, -0.25) is 4.79 Å². The van der Waals surface area contributed by atoms with Crippen molar-refractivity contribution in [2.75, 3.05) is 25.1 Å². The number of ether oxygens (including phenoxy) is 1. The van der Waals surface area contributed by atoms with Gasteiger partial charge in [0.25, 0.3) is 5.91 Å². The Labute approximate surface area is 132 Å². The van der Waals surface area contributed by atoms with Crippen molar-refractivity contribution >= 4 is 32.6 Å². The number of phenolic OH excluding ortho intramolecular Hbond substituents is 1. The van der Waals surface area contributed by atoms with Crippen LogP contribution in [0.1, 0.15) is 16.8 Å². The quantitative estimate of drug-likeness (QED) is 0.595. The molecular formula is C16H18BrNO3. The summed E-state index contributed by atoms with van der Waals surface area (Å²) in [6.45, 7) is 1.79. The topological polar surface area (TPSA) is 58.6 Å². The van der Waals surface area contributed by atoms with Crippen LogP contribution in [-0.2, 0) is 4.74 Å². The second-order valence-electron chi connectivity index (χ2n) is 4.59. The van der Waals surface area contributed by atoms with E-state index in [1.54, 1.807) is 12.1 Å². The molecule has 1 amide bonds. The third kappa shape index (κ3) is 4.19. The fourth-order valence-corrected chi connectivity index (χ4v) is 2.30. The van der Waals surface area contributed by atoms with Crippen LogP contribution in [0.15, 0.2) is 36.4 Å². The Kier molecular flexibility index (Phi) is 6.02. The van der Waals surface area contributed by atoms with Gasteiger partial charge in [-0.2, -0.15) is 0 Å². The first kappa shape index (κ1) is 15.8. The highest BCUT2D eigenvalue weighted by molar-refractivity contribution is 9.09. The van der Waals surface area contributed by atoms with E-state index in [9.17, 15) is 9.90 Å². The number of carbonyl (C=O) groups is 1. The summed E-state index contributed by atoms with van der Waals surface area (Å²) < 4.78 is 5.30. The van der Waals surface area contributed by atoms with Crippen molar-refractivity contribution in [1.82, 2.24) is 5.32 Å². The molecule has 112 valence electrons. The number of nitrogens with one attached hydrogen (secondary N) is 1. The zero-order valence-electron chi connectivity index (χ0n) is 11.6. The van der Waals surface area contributed by atoms with Gasteiger partial charge < -0.3 is 15.2 Å². The van der Waals surface area contributed by atoms with Crippen LogP contribution in [0.2, 0.25) is 0 Å². The molecule has 0 aliphatic heterocycles. The summed E-state index contributed by atoms with van der Waals surface area (Å²) >= 11 is 3.28. The largest absolute Gasteiger partial charge is 0.506 e. The molecule has 4 nitrogen and oxygen atoms in total. The van der Waals surface area contributed by atoms with Crippen LogP contribution >= 0.6 is 15.9 Å². The Hall–Kier alpha value is -1.59. The first-order valence-corrected chi connectivity index (χ1v) is 7.99. The lowest BCUT2D eigenvalue weighted by molar-refractivity contribution is 0.0942. The summed E-state index contributed by atoms with van der Waals surface area (Å²) in [5.74, 6) is -0.236. The number of benzene rings is 2. The fourth-order valence-electron chi connectivity index (χ4n) is 2.07. The van der Waals surface area contributed by atoms with Crippen LogP contribution in [0.4, 0.5) is 0 Å². The van der Waals surface area contributed by atoms with Crippen LogP contribution < -0.4 is 5.32 Å². The number of fused-ring (bicyclic) bond motifs is 1. The monoisotopic (exact) mass is 351 g/mol. The van der Waals surface area contributed by atoms with E-state index in [0.717, 1.165) is 17.1 Å². The molecule has 0 fully saturated rings. The third-order valence-corrected chi connectivity index (χ3v) is 3.44. The molecule has 0 aliphatic rings. The lowest BCUT2D eigenvalue weighted by atomic mass is 10.0. The maximum absolute atomic E-state index is 12.1. The van der Waals surface area contributed by atoms with Gasteiger partial charge >= 0.3 is 0 Å². The standard InChI is InChI=1S/C16H18BrNO3/c17-8-11-21-10-3-9-18-16(20)14-7-6-12-4-1-2-5-13(12)15(14)19/h1-2,4-7,19H,3,8-11H2,(H,18,20). The van der Waals surface area contributed by atoms with Crippen LogP contribution in [-0.4, -0.2) is 36.1 Å². The number of rotatable bonds is 7. The molecule has 0 aliphatic carbocycles. The molecule has 0 radical (unpaired) electrons. The average molecular weight is 352 g/mol. The van der Waals surface area contributed by atoms with Crippen molar-refractivity contribution in [3.63, 3.8) is 0 Å². The molecule has 2 aromatic rings. The maximum atomic E-state index is 12.1. The molecule has 5 heteroatoms. The second kappa shape index (κ2) is 8.00. The van der Waals surface area contributed by atoms with Gasteiger partial charge in [-0.25, -0.2) is 0 Å². The van der Waals surface area contributed by atoms with Gasteiger partial charge in [0.15, 0.2) is 0 Å². The van der Waals surface area contributed by atoms with Crippen molar-refractivity contribution < 1.29 is 14.6 Å². The SMILES string of the molecule is O=C(NCCCOCCBr)c1ccc2ccccc2c1O. The van der Waals surface area contributed by atoms with Gasteiger partial charge in [-0.1, -0.05) is 46.3 Å². The summed E-state index contributed by atoms with van der Waals surface area (Å²) in [4.78, 5) is 12.1. The van der Waals surface area contributed by atoms with E-state index in [2.05, 4.69) is 21.2 Å². The van der Waals surface area contributed by atoms with Crippen LogP contribution in [0.5, 0.6) is 5.75 Å². The van der Waals surface area contributed by atoms with E-state index in [-0.39, 0.29) is 11.7 Å². The summed E-state index contributed by atoms with van der Waals surface area (Å²) in [6.07, 6.45) is 0.743. The molecule has 0 spiro atoms. The van der Waals surface area contributed by atoms with E-state index in [1.165, 1.54) is 0 Å². The van der Waals surface area contributed by atoms with Crippen molar-refractivity contribution in [1.29, 1.82) is 0 Å².